The van der Waals surface area contributed by atoms with Crippen molar-refractivity contribution in [2.24, 2.45) is 0 Å². The van der Waals surface area contributed by atoms with Crippen LogP contribution in [-0.2, 0) is 17.1 Å². The molecule has 0 aromatic heterocycles. The average Bonchev–Trinajstić information content (AvgIpc) is 1.39. The minimum atomic E-state index is 0. The van der Waals surface area contributed by atoms with Gasteiger partial charge in [-0.25, -0.2) is 0 Å². The Hall–Kier alpha value is -0.000519. The van der Waals surface area contributed by atoms with Crippen molar-refractivity contribution in [3.05, 3.63) is 25.3 Å². The molecule has 0 spiro atoms. The Morgan fingerprint density at radius 3 is 1.00 bits per heavy atom. The third kappa shape index (κ3) is 356000000. The standard InChI is InChI=1S/2C3H5.Cu/c2*1-3-2;/h2*1,3H,2H3;/q2*-1;+2. The average molecular weight is 146 g/mol. The van der Waals surface area contributed by atoms with Crippen LogP contribution in [0.2, 0.25) is 0 Å². The van der Waals surface area contributed by atoms with Gasteiger partial charge in [-0.3, -0.25) is 12.2 Å². The van der Waals surface area contributed by atoms with Gasteiger partial charge >= 0.3 is 17.1 Å². The smallest absolute Gasteiger partial charge is 0.518 e. The van der Waals surface area contributed by atoms with Crippen LogP contribution in [0, 0.1) is 13.2 Å². The summed E-state index contributed by atoms with van der Waals surface area (Å²) in [6, 6.07) is 0. The largest absolute Gasteiger partial charge is 2.00 e. The monoisotopic (exact) mass is 145 g/mol. The molecule has 0 N–H and O–H groups in total. The van der Waals surface area contributed by atoms with Gasteiger partial charge in [0, 0.05) is 0 Å². The summed E-state index contributed by atoms with van der Waals surface area (Å²) in [6.45, 7) is 13.0. The zero-order valence-corrected chi connectivity index (χ0v) is 5.55. The molecule has 0 fully saturated rings. The Morgan fingerprint density at radius 1 is 1.00 bits per heavy atom. The van der Waals surface area contributed by atoms with E-state index in [0.717, 1.165) is 0 Å². The molecule has 0 saturated heterocycles. The van der Waals surface area contributed by atoms with E-state index in [9.17, 15) is 0 Å². The van der Waals surface area contributed by atoms with Gasteiger partial charge < -0.3 is 13.2 Å². The van der Waals surface area contributed by atoms with Gasteiger partial charge in [0.25, 0.3) is 0 Å². The van der Waals surface area contributed by atoms with Gasteiger partial charge in [-0.15, -0.1) is 0 Å². The topological polar surface area (TPSA) is 0 Å². The van der Waals surface area contributed by atoms with E-state index in [1.165, 1.54) is 12.2 Å². The second-order valence-electron chi connectivity index (χ2n) is 0.667. The van der Waals surface area contributed by atoms with Crippen LogP contribution in [0.25, 0.3) is 0 Å². The van der Waals surface area contributed by atoms with Crippen LogP contribution in [0.5, 0.6) is 0 Å². The molecule has 0 aromatic rings. The Morgan fingerprint density at radius 2 is 1.00 bits per heavy atom. The normalized spacial score (nSPS) is 3.71. The summed E-state index contributed by atoms with van der Waals surface area (Å²) in [5, 5.41) is 0. The van der Waals surface area contributed by atoms with Crippen LogP contribution in [0.3, 0.4) is 0 Å². The molecule has 0 aromatic carbocycles. The summed E-state index contributed by atoms with van der Waals surface area (Å²) in [4.78, 5) is 0. The molecule has 0 heterocycles. The molecule has 0 aliphatic heterocycles. The summed E-state index contributed by atoms with van der Waals surface area (Å²) in [5.41, 5.74) is 0. The third-order valence-electron chi connectivity index (χ3n) is 0. The minimum absolute atomic E-state index is 0. The van der Waals surface area contributed by atoms with Gasteiger partial charge in [0.15, 0.2) is 0 Å². The number of hydrogen-bond acceptors (Lipinski definition) is 0. The predicted octanol–water partition coefficient (Wildman–Crippen LogP) is 1.99. The van der Waals surface area contributed by atoms with E-state index >= 15 is 0 Å². The van der Waals surface area contributed by atoms with Gasteiger partial charge in [-0.1, -0.05) is 13.8 Å². The molecular weight excluding hydrogens is 136 g/mol. The number of hydrogen-bond donors (Lipinski definition) is 0. The van der Waals surface area contributed by atoms with Crippen molar-refractivity contribution in [2.75, 3.05) is 0 Å². The van der Waals surface area contributed by atoms with E-state index in [4.69, 9.17) is 13.2 Å². The van der Waals surface area contributed by atoms with Gasteiger partial charge in [0.05, 0.1) is 0 Å². The third-order valence-corrected chi connectivity index (χ3v) is 0. The summed E-state index contributed by atoms with van der Waals surface area (Å²) >= 11 is 0. The first-order valence-electron chi connectivity index (χ1n) is 1.82. The van der Waals surface area contributed by atoms with E-state index in [1.807, 2.05) is 0 Å². The molecule has 45 valence electrons. The van der Waals surface area contributed by atoms with Crippen molar-refractivity contribution < 1.29 is 17.1 Å². The number of rotatable bonds is 0. The van der Waals surface area contributed by atoms with Gasteiger partial charge in [-0.2, -0.15) is 0 Å². The zero-order valence-electron chi connectivity index (χ0n) is 4.61. The Balaban J connectivity index is -0.0000000400. The first-order chi connectivity index (χ1) is 2.83. The van der Waals surface area contributed by atoms with Crippen molar-refractivity contribution >= 4 is 0 Å². The quantitative estimate of drug-likeness (QED) is 0.361. The van der Waals surface area contributed by atoms with E-state index in [1.54, 1.807) is 13.8 Å². The van der Waals surface area contributed by atoms with Crippen LogP contribution < -0.4 is 0 Å². The Kier molecular flexibility index (Phi) is 84.4. The molecule has 0 aliphatic carbocycles. The molecule has 0 atom stereocenters. The number of allylic oxidation sites excluding steroid dienone is 2. The molecular formula is C6H10Cu. The van der Waals surface area contributed by atoms with Crippen molar-refractivity contribution in [2.45, 2.75) is 13.8 Å². The molecule has 0 unspecified atom stereocenters. The predicted molar refractivity (Wildman–Crippen MR) is 29.1 cm³/mol. The fourth-order valence-electron chi connectivity index (χ4n) is 0. The maximum Gasteiger partial charge on any atom is 2.00 e. The summed E-state index contributed by atoms with van der Waals surface area (Å²) in [5.74, 6) is 0. The summed E-state index contributed by atoms with van der Waals surface area (Å²) in [6.07, 6.45) is 3.00. The fraction of sp³-hybridized carbons (Fsp3) is 0.333. The first-order valence-corrected chi connectivity index (χ1v) is 1.82. The molecule has 1 heteroatoms. The maximum absolute atomic E-state index is 4.72. The van der Waals surface area contributed by atoms with Crippen LogP contribution in [0.15, 0.2) is 12.2 Å². The second kappa shape index (κ2) is 37.5. The molecule has 0 aliphatic rings. The van der Waals surface area contributed by atoms with Crippen molar-refractivity contribution in [3.8, 4) is 0 Å². The molecule has 0 amide bonds. The molecule has 0 saturated carbocycles. The maximum atomic E-state index is 4.72. The Labute approximate surface area is 56.8 Å². The first kappa shape index (κ1) is 15.8. The Bertz CT molecular complexity index is 25.2. The minimum Gasteiger partial charge on any atom is -0.518 e. The van der Waals surface area contributed by atoms with E-state index in [-0.39, 0.29) is 17.1 Å². The SMILES string of the molecule is [CH-]=CC.[CH-]=CC.[Cu+2]. The fourth-order valence-corrected chi connectivity index (χ4v) is 0. The summed E-state index contributed by atoms with van der Waals surface area (Å²) in [7, 11) is 0. The summed E-state index contributed by atoms with van der Waals surface area (Å²) < 4.78 is 0. The van der Waals surface area contributed by atoms with Crippen LogP contribution in [0.1, 0.15) is 13.8 Å². The van der Waals surface area contributed by atoms with Gasteiger partial charge in [0.2, 0.25) is 0 Å². The zero-order chi connectivity index (χ0) is 5.41. The van der Waals surface area contributed by atoms with Crippen molar-refractivity contribution in [1.29, 1.82) is 0 Å². The molecule has 0 bridgehead atoms. The van der Waals surface area contributed by atoms with E-state index < -0.39 is 0 Å². The molecule has 0 rings (SSSR count). The molecule has 7 heavy (non-hydrogen) atoms. The van der Waals surface area contributed by atoms with Crippen molar-refractivity contribution in [1.82, 2.24) is 0 Å². The van der Waals surface area contributed by atoms with E-state index in [0.29, 0.717) is 0 Å². The van der Waals surface area contributed by atoms with Crippen LogP contribution >= 0.6 is 0 Å². The van der Waals surface area contributed by atoms with Crippen LogP contribution in [0.4, 0.5) is 0 Å². The van der Waals surface area contributed by atoms with Crippen LogP contribution in [-0.4, -0.2) is 0 Å². The van der Waals surface area contributed by atoms with Crippen molar-refractivity contribution in [3.63, 3.8) is 0 Å². The second-order valence-corrected chi connectivity index (χ2v) is 0.667. The van der Waals surface area contributed by atoms with Gasteiger partial charge in [-0.05, 0) is 0 Å². The molecule has 1 radical (unpaired) electrons. The van der Waals surface area contributed by atoms with E-state index in [2.05, 4.69) is 0 Å². The molecule has 0 nitrogen and oxygen atoms in total. The van der Waals surface area contributed by atoms with Gasteiger partial charge in [0.1, 0.15) is 0 Å².